The van der Waals surface area contributed by atoms with Gasteiger partial charge in [0.2, 0.25) is 0 Å². The predicted molar refractivity (Wildman–Crippen MR) is 35.1 cm³/mol. The highest BCUT2D eigenvalue weighted by atomic mass is 19.0. The summed E-state index contributed by atoms with van der Waals surface area (Å²) in [5, 5.41) is 13.9. The van der Waals surface area contributed by atoms with Crippen LogP contribution in [0.15, 0.2) is 12.8 Å². The van der Waals surface area contributed by atoms with Gasteiger partial charge < -0.3 is 14.9 Å². The van der Waals surface area contributed by atoms with Crippen molar-refractivity contribution in [2.45, 2.75) is 6.92 Å². The van der Waals surface area contributed by atoms with Crippen LogP contribution in [-0.4, -0.2) is 22.3 Å². The van der Waals surface area contributed by atoms with Crippen LogP contribution >= 0.6 is 0 Å². The van der Waals surface area contributed by atoms with E-state index in [1.54, 1.807) is 0 Å². The minimum Gasteiger partial charge on any atom is -0.450 e. The quantitative estimate of drug-likeness (QED) is 0.451. The maximum Gasteiger partial charge on any atom is 0.503 e. The molecule has 0 aliphatic rings. The lowest BCUT2D eigenvalue weighted by molar-refractivity contribution is -0.135. The number of carbonyl (C=O) groups is 2. The van der Waals surface area contributed by atoms with Crippen molar-refractivity contribution in [3.8, 4) is 0 Å². The van der Waals surface area contributed by atoms with Gasteiger partial charge in [-0.15, -0.1) is 0 Å². The molecule has 6 heteroatoms. The first kappa shape index (κ1) is 16.2. The molecule has 0 aromatic heterocycles. The molecule has 0 saturated carbocycles. The summed E-state index contributed by atoms with van der Waals surface area (Å²) in [6.07, 6.45) is -0.734. The molecule has 11 heavy (non-hydrogen) atoms. The SMILES string of the molecule is C=COC(C)=O.F.O=C(O)O. The highest BCUT2D eigenvalue weighted by Gasteiger charge is 1.79. The Labute approximate surface area is 62.3 Å². The van der Waals surface area contributed by atoms with Crippen LogP contribution in [0.1, 0.15) is 6.92 Å². The van der Waals surface area contributed by atoms with Gasteiger partial charge >= 0.3 is 12.1 Å². The highest BCUT2D eigenvalue weighted by molar-refractivity contribution is 5.66. The Kier molecular flexibility index (Phi) is 16.5. The van der Waals surface area contributed by atoms with Gasteiger partial charge in [-0.25, -0.2) is 4.79 Å². The smallest absolute Gasteiger partial charge is 0.450 e. The Morgan fingerprint density at radius 1 is 1.45 bits per heavy atom. The fourth-order valence-electron chi connectivity index (χ4n) is 0.117. The van der Waals surface area contributed by atoms with E-state index in [0.29, 0.717) is 0 Å². The summed E-state index contributed by atoms with van der Waals surface area (Å²) in [4.78, 5) is 18.3. The molecule has 0 unspecified atom stereocenters. The van der Waals surface area contributed by atoms with Crippen LogP contribution in [0.25, 0.3) is 0 Å². The van der Waals surface area contributed by atoms with Crippen molar-refractivity contribution in [2.75, 3.05) is 0 Å². The molecule has 0 rings (SSSR count). The van der Waals surface area contributed by atoms with Crippen LogP contribution in [0, 0.1) is 0 Å². The zero-order chi connectivity index (χ0) is 8.57. The zero-order valence-corrected chi connectivity index (χ0v) is 5.81. The van der Waals surface area contributed by atoms with Crippen molar-refractivity contribution in [3.05, 3.63) is 12.8 Å². The maximum atomic E-state index is 9.75. The molecule has 0 aromatic rings. The van der Waals surface area contributed by atoms with Crippen molar-refractivity contribution in [3.63, 3.8) is 0 Å². The van der Waals surface area contributed by atoms with Gasteiger partial charge in [0, 0.05) is 6.92 Å². The third-order valence-corrected chi connectivity index (χ3v) is 0.249. The largest absolute Gasteiger partial charge is 0.503 e. The van der Waals surface area contributed by atoms with Gasteiger partial charge in [0.25, 0.3) is 0 Å². The zero-order valence-electron chi connectivity index (χ0n) is 5.81. The molecule has 0 aliphatic carbocycles. The number of carbonyl (C=O) groups excluding carboxylic acids is 1. The molecule has 0 amide bonds. The third-order valence-electron chi connectivity index (χ3n) is 0.249. The first-order valence-corrected chi connectivity index (χ1v) is 2.20. The number of esters is 1. The summed E-state index contributed by atoms with van der Waals surface area (Å²) < 4.78 is 4.17. The highest BCUT2D eigenvalue weighted by Crippen LogP contribution is 1.70. The van der Waals surface area contributed by atoms with Gasteiger partial charge in [-0.2, -0.15) is 0 Å². The van der Waals surface area contributed by atoms with Crippen LogP contribution in [0.4, 0.5) is 9.50 Å². The topological polar surface area (TPSA) is 83.8 Å². The lowest BCUT2D eigenvalue weighted by Gasteiger charge is -1.83. The van der Waals surface area contributed by atoms with Crippen LogP contribution < -0.4 is 0 Å². The summed E-state index contributed by atoms with van der Waals surface area (Å²) in [6, 6.07) is 0. The van der Waals surface area contributed by atoms with E-state index in [1.165, 1.54) is 6.92 Å². The first-order valence-electron chi connectivity index (χ1n) is 2.20. The molecule has 0 spiro atoms. The van der Waals surface area contributed by atoms with Crippen molar-refractivity contribution in [1.82, 2.24) is 0 Å². The van der Waals surface area contributed by atoms with Gasteiger partial charge in [0.1, 0.15) is 0 Å². The molecule has 0 bridgehead atoms. The summed E-state index contributed by atoms with van der Waals surface area (Å²) >= 11 is 0. The average molecular weight is 168 g/mol. The Morgan fingerprint density at radius 3 is 1.73 bits per heavy atom. The van der Waals surface area contributed by atoms with Crippen molar-refractivity contribution < 1.29 is 29.2 Å². The molecule has 0 aliphatic heterocycles. The number of rotatable bonds is 1. The number of hydrogen-bond donors (Lipinski definition) is 2. The summed E-state index contributed by atoms with van der Waals surface area (Å²) in [5.74, 6) is -0.329. The molecular weight excluding hydrogens is 159 g/mol. The van der Waals surface area contributed by atoms with Gasteiger partial charge in [-0.3, -0.25) is 9.50 Å². The molecule has 0 saturated heterocycles. The minimum atomic E-state index is -1.83. The van der Waals surface area contributed by atoms with E-state index in [2.05, 4.69) is 11.3 Å². The third kappa shape index (κ3) is 174. The summed E-state index contributed by atoms with van der Waals surface area (Å²) in [7, 11) is 0. The van der Waals surface area contributed by atoms with Gasteiger partial charge in [0.05, 0.1) is 6.26 Å². The van der Waals surface area contributed by atoms with E-state index >= 15 is 0 Å². The molecular formula is C5H9FO5. The fraction of sp³-hybridized carbons (Fsp3) is 0.200. The number of halogens is 1. The van der Waals surface area contributed by atoms with Crippen molar-refractivity contribution in [2.24, 2.45) is 0 Å². The van der Waals surface area contributed by atoms with Crippen LogP contribution in [0.3, 0.4) is 0 Å². The van der Waals surface area contributed by atoms with Crippen molar-refractivity contribution >= 4 is 12.1 Å². The number of hydrogen-bond acceptors (Lipinski definition) is 3. The molecule has 0 fully saturated rings. The lowest BCUT2D eigenvalue weighted by atomic mass is 10.8. The second-order valence-electron chi connectivity index (χ2n) is 1.06. The minimum absolute atomic E-state index is 0. The van der Waals surface area contributed by atoms with Gasteiger partial charge in [-0.05, 0) is 0 Å². The Morgan fingerprint density at radius 2 is 1.73 bits per heavy atom. The molecule has 2 N–H and O–H groups in total. The van der Waals surface area contributed by atoms with E-state index in [4.69, 9.17) is 15.0 Å². The molecule has 66 valence electrons. The summed E-state index contributed by atoms with van der Waals surface area (Å²) in [6.45, 7) is 4.48. The first-order chi connectivity index (χ1) is 4.50. The van der Waals surface area contributed by atoms with E-state index in [9.17, 15) is 4.79 Å². The molecule has 0 heterocycles. The molecule has 0 aromatic carbocycles. The van der Waals surface area contributed by atoms with Crippen LogP contribution in [0.2, 0.25) is 0 Å². The summed E-state index contributed by atoms with van der Waals surface area (Å²) in [5.41, 5.74) is 0. The lowest BCUT2D eigenvalue weighted by Crippen LogP contribution is -1.87. The van der Waals surface area contributed by atoms with E-state index in [0.717, 1.165) is 6.26 Å². The normalized spacial score (nSPS) is 5.91. The maximum absolute atomic E-state index is 9.75. The molecule has 5 nitrogen and oxygen atoms in total. The number of ether oxygens (including phenoxy) is 1. The second kappa shape index (κ2) is 11.2. The van der Waals surface area contributed by atoms with Crippen LogP contribution in [0.5, 0.6) is 0 Å². The monoisotopic (exact) mass is 168 g/mol. The van der Waals surface area contributed by atoms with Gasteiger partial charge in [-0.1, -0.05) is 6.58 Å². The van der Waals surface area contributed by atoms with E-state index < -0.39 is 6.16 Å². The second-order valence-corrected chi connectivity index (χ2v) is 1.06. The van der Waals surface area contributed by atoms with E-state index in [-0.39, 0.29) is 10.7 Å². The standard InChI is InChI=1S/C4H6O2.CH2O3.FH/c1-3-6-4(2)5;2-1(3)4;/h3H,1H2,2H3;(H2,2,3,4);1H. The van der Waals surface area contributed by atoms with E-state index in [1.807, 2.05) is 0 Å². The molecule has 0 radical (unpaired) electrons. The molecule has 0 atom stereocenters. The van der Waals surface area contributed by atoms with Crippen molar-refractivity contribution in [1.29, 1.82) is 0 Å². The van der Waals surface area contributed by atoms with Gasteiger partial charge in [0.15, 0.2) is 0 Å². The Bertz CT molecular complexity index is 129. The Balaban J connectivity index is -0.000000114. The van der Waals surface area contributed by atoms with Crippen LogP contribution in [-0.2, 0) is 9.53 Å². The number of carboxylic acid groups (broad SMARTS) is 2. The predicted octanol–water partition coefficient (Wildman–Crippen LogP) is 1.07. The Hall–Kier alpha value is -1.59. The fourth-order valence-corrected chi connectivity index (χ4v) is 0.117. The average Bonchev–Trinajstić information content (AvgIpc) is 1.62.